The van der Waals surface area contributed by atoms with Crippen molar-refractivity contribution in [3.05, 3.63) is 59.0 Å². The molecule has 0 unspecified atom stereocenters. The summed E-state index contributed by atoms with van der Waals surface area (Å²) < 4.78 is 15.7. The third-order valence-corrected chi connectivity index (χ3v) is 4.90. The van der Waals surface area contributed by atoms with Crippen LogP contribution in [-0.2, 0) is 16.1 Å². The fraction of sp³-hybridized carbons (Fsp3) is 0.348. The molecule has 30 heavy (non-hydrogen) atoms. The molecular weight excluding hydrogens is 384 g/mol. The number of benzene rings is 2. The summed E-state index contributed by atoms with van der Waals surface area (Å²) in [6.07, 6.45) is 0. The summed E-state index contributed by atoms with van der Waals surface area (Å²) in [6, 6.07) is 11.8. The van der Waals surface area contributed by atoms with Crippen LogP contribution in [0.1, 0.15) is 47.1 Å². The SMILES string of the molecule is COc1ccc2cc(CN(C)C(=O)COC(=O)c3c(C)noc3C(C)C)ccc2c1. The second-order valence-corrected chi connectivity index (χ2v) is 7.54. The van der Waals surface area contributed by atoms with Crippen LogP contribution in [0.4, 0.5) is 0 Å². The number of rotatable bonds is 7. The predicted molar refractivity (Wildman–Crippen MR) is 113 cm³/mol. The van der Waals surface area contributed by atoms with Gasteiger partial charge < -0.3 is 18.9 Å². The fourth-order valence-corrected chi connectivity index (χ4v) is 3.20. The molecule has 0 saturated heterocycles. The number of ether oxygens (including phenoxy) is 2. The second kappa shape index (κ2) is 8.98. The van der Waals surface area contributed by atoms with Crippen molar-refractivity contribution in [2.24, 2.45) is 0 Å². The van der Waals surface area contributed by atoms with E-state index in [2.05, 4.69) is 5.16 Å². The third kappa shape index (κ3) is 4.62. The van der Waals surface area contributed by atoms with E-state index >= 15 is 0 Å². The Bertz CT molecular complexity index is 1070. The van der Waals surface area contributed by atoms with E-state index in [1.807, 2.05) is 50.2 Å². The summed E-state index contributed by atoms with van der Waals surface area (Å²) in [4.78, 5) is 26.4. The minimum Gasteiger partial charge on any atom is -0.497 e. The molecule has 1 aromatic heterocycles. The van der Waals surface area contributed by atoms with Crippen LogP contribution in [0.2, 0.25) is 0 Å². The first-order valence-electron chi connectivity index (χ1n) is 9.74. The predicted octanol–water partition coefficient (Wildman–Crippen LogP) is 4.08. The second-order valence-electron chi connectivity index (χ2n) is 7.54. The Hall–Kier alpha value is -3.35. The van der Waals surface area contributed by atoms with Crippen molar-refractivity contribution in [2.45, 2.75) is 33.2 Å². The van der Waals surface area contributed by atoms with E-state index in [4.69, 9.17) is 14.0 Å². The van der Waals surface area contributed by atoms with Gasteiger partial charge in [0.25, 0.3) is 5.91 Å². The smallest absolute Gasteiger partial charge is 0.344 e. The van der Waals surface area contributed by atoms with Crippen LogP contribution in [0, 0.1) is 6.92 Å². The molecule has 0 N–H and O–H groups in total. The van der Waals surface area contributed by atoms with Gasteiger partial charge in [-0.05, 0) is 41.5 Å². The number of esters is 1. The number of nitrogens with zero attached hydrogens (tertiary/aromatic N) is 2. The quantitative estimate of drug-likeness (QED) is 0.546. The van der Waals surface area contributed by atoms with Gasteiger partial charge >= 0.3 is 5.97 Å². The number of methoxy groups -OCH3 is 1. The molecule has 0 aliphatic heterocycles. The summed E-state index contributed by atoms with van der Waals surface area (Å²) in [5, 5.41) is 5.95. The van der Waals surface area contributed by atoms with E-state index in [9.17, 15) is 9.59 Å². The summed E-state index contributed by atoms with van der Waals surface area (Å²) in [5.74, 6) is 0.358. The lowest BCUT2D eigenvalue weighted by Gasteiger charge is -2.17. The maximum absolute atomic E-state index is 12.5. The van der Waals surface area contributed by atoms with Crippen LogP contribution in [0.15, 0.2) is 40.9 Å². The van der Waals surface area contributed by atoms with Gasteiger partial charge in [0, 0.05) is 19.5 Å². The van der Waals surface area contributed by atoms with Crippen LogP contribution < -0.4 is 4.74 Å². The first-order chi connectivity index (χ1) is 14.3. The molecule has 0 spiro atoms. The number of likely N-dealkylation sites (N-methyl/N-ethyl adjacent to an activating group) is 1. The summed E-state index contributed by atoms with van der Waals surface area (Å²) in [7, 11) is 3.32. The van der Waals surface area contributed by atoms with Crippen molar-refractivity contribution in [3.63, 3.8) is 0 Å². The van der Waals surface area contributed by atoms with E-state index in [-0.39, 0.29) is 18.4 Å². The Labute approximate surface area is 175 Å². The van der Waals surface area contributed by atoms with Crippen molar-refractivity contribution in [1.82, 2.24) is 10.1 Å². The molecule has 0 atom stereocenters. The van der Waals surface area contributed by atoms with Crippen LogP contribution in [0.25, 0.3) is 10.8 Å². The molecule has 1 heterocycles. The molecule has 158 valence electrons. The van der Waals surface area contributed by atoms with Gasteiger partial charge in [0.15, 0.2) is 12.4 Å². The minimum atomic E-state index is -0.598. The maximum atomic E-state index is 12.5. The first kappa shape index (κ1) is 21.4. The summed E-state index contributed by atoms with van der Waals surface area (Å²) in [5.41, 5.74) is 1.73. The van der Waals surface area contributed by atoms with Crippen LogP contribution in [0.5, 0.6) is 5.75 Å². The number of carbonyl (C=O) groups excluding carboxylic acids is 2. The fourth-order valence-electron chi connectivity index (χ4n) is 3.20. The van der Waals surface area contributed by atoms with E-state index in [1.54, 1.807) is 21.1 Å². The minimum absolute atomic E-state index is 0.0139. The summed E-state index contributed by atoms with van der Waals surface area (Å²) in [6.45, 7) is 5.53. The van der Waals surface area contributed by atoms with Crippen molar-refractivity contribution < 1.29 is 23.6 Å². The molecule has 0 aliphatic carbocycles. The Morgan fingerprint density at radius 1 is 1.13 bits per heavy atom. The summed E-state index contributed by atoms with van der Waals surface area (Å²) >= 11 is 0. The molecule has 0 radical (unpaired) electrons. The molecule has 1 amide bonds. The number of hydrogen-bond donors (Lipinski definition) is 0. The molecule has 2 aromatic carbocycles. The number of aryl methyl sites for hydroxylation is 1. The van der Waals surface area contributed by atoms with Crippen LogP contribution in [-0.4, -0.2) is 42.7 Å². The first-order valence-corrected chi connectivity index (χ1v) is 9.74. The normalized spacial score (nSPS) is 11.0. The third-order valence-electron chi connectivity index (χ3n) is 4.90. The standard InChI is InChI=1S/C23H26N2O5/c1-14(2)22-21(15(3)24-30-22)23(27)29-13-20(26)25(4)12-16-6-7-18-11-19(28-5)9-8-17(18)10-16/h6-11,14H,12-13H2,1-5H3. The molecule has 0 fully saturated rings. The highest BCUT2D eigenvalue weighted by molar-refractivity contribution is 5.93. The average molecular weight is 410 g/mol. The van der Waals surface area contributed by atoms with Gasteiger partial charge in [-0.15, -0.1) is 0 Å². The molecule has 0 saturated carbocycles. The zero-order valence-corrected chi connectivity index (χ0v) is 17.9. The molecule has 7 nitrogen and oxygen atoms in total. The molecule has 7 heteroatoms. The lowest BCUT2D eigenvalue weighted by atomic mass is 10.1. The zero-order valence-electron chi connectivity index (χ0n) is 17.9. The van der Waals surface area contributed by atoms with E-state index in [0.717, 1.165) is 22.1 Å². The van der Waals surface area contributed by atoms with Gasteiger partial charge in [0.2, 0.25) is 0 Å². The molecule has 0 bridgehead atoms. The van der Waals surface area contributed by atoms with Crippen LogP contribution >= 0.6 is 0 Å². The Balaban J connectivity index is 1.62. The largest absolute Gasteiger partial charge is 0.497 e. The maximum Gasteiger partial charge on any atom is 0.344 e. The Morgan fingerprint density at radius 3 is 2.53 bits per heavy atom. The van der Waals surface area contributed by atoms with Gasteiger partial charge in [0.05, 0.1) is 12.8 Å². The van der Waals surface area contributed by atoms with Crippen molar-refractivity contribution in [1.29, 1.82) is 0 Å². The molecule has 3 rings (SSSR count). The van der Waals surface area contributed by atoms with E-state index in [0.29, 0.717) is 23.6 Å². The highest BCUT2D eigenvalue weighted by Gasteiger charge is 2.25. The zero-order chi connectivity index (χ0) is 21.8. The lowest BCUT2D eigenvalue weighted by molar-refractivity contribution is -0.133. The number of hydrogen-bond acceptors (Lipinski definition) is 6. The van der Waals surface area contributed by atoms with E-state index < -0.39 is 5.97 Å². The van der Waals surface area contributed by atoms with Crippen molar-refractivity contribution in [2.75, 3.05) is 20.8 Å². The van der Waals surface area contributed by atoms with E-state index in [1.165, 1.54) is 4.90 Å². The van der Waals surface area contributed by atoms with Gasteiger partial charge in [-0.1, -0.05) is 37.2 Å². The Kier molecular flexibility index (Phi) is 6.40. The van der Waals surface area contributed by atoms with Gasteiger partial charge in [0.1, 0.15) is 11.3 Å². The van der Waals surface area contributed by atoms with Gasteiger partial charge in [-0.2, -0.15) is 0 Å². The highest BCUT2D eigenvalue weighted by atomic mass is 16.5. The average Bonchev–Trinajstić information content (AvgIpc) is 3.13. The topological polar surface area (TPSA) is 81.9 Å². The van der Waals surface area contributed by atoms with Gasteiger partial charge in [-0.25, -0.2) is 4.79 Å². The van der Waals surface area contributed by atoms with Crippen LogP contribution in [0.3, 0.4) is 0 Å². The monoisotopic (exact) mass is 410 g/mol. The van der Waals surface area contributed by atoms with Crippen molar-refractivity contribution in [3.8, 4) is 5.75 Å². The lowest BCUT2D eigenvalue weighted by Crippen LogP contribution is -2.31. The van der Waals surface area contributed by atoms with Crippen molar-refractivity contribution >= 4 is 22.6 Å². The number of aromatic nitrogens is 1. The number of carbonyl (C=O) groups is 2. The molecule has 0 aliphatic rings. The molecular formula is C23H26N2O5. The number of fused-ring (bicyclic) bond motifs is 1. The molecule has 3 aromatic rings. The number of amides is 1. The Morgan fingerprint density at radius 2 is 1.83 bits per heavy atom. The van der Waals surface area contributed by atoms with Gasteiger partial charge in [-0.3, -0.25) is 4.79 Å². The highest BCUT2D eigenvalue weighted by Crippen LogP contribution is 2.24.